The first-order valence-corrected chi connectivity index (χ1v) is 9.11. The summed E-state index contributed by atoms with van der Waals surface area (Å²) in [5, 5.41) is 8.99. The Hall–Kier alpha value is -2.93. The molecule has 1 aliphatic rings. The summed E-state index contributed by atoms with van der Waals surface area (Å²) in [6.45, 7) is 3.25. The van der Waals surface area contributed by atoms with Crippen molar-refractivity contribution in [1.29, 1.82) is 0 Å². The van der Waals surface area contributed by atoms with E-state index in [1.165, 1.54) is 12.1 Å². The number of piperazine rings is 1. The summed E-state index contributed by atoms with van der Waals surface area (Å²) in [5.74, 6) is 0.605. The Morgan fingerprint density at radius 2 is 1.67 bits per heavy atom. The van der Waals surface area contributed by atoms with Gasteiger partial charge in [0.1, 0.15) is 12.1 Å². The molecule has 1 aliphatic heterocycles. The second kappa shape index (κ2) is 6.35. The first-order valence-electron chi connectivity index (χ1n) is 8.73. The standard InChI is InChI=1S/C19H16ClFN6/c20-13-1-6-16-17(11-13)27-12-22-24-19(27)18(23-16)26-9-7-25(8-10-26)15-4-2-14(21)3-5-15/h1-6,11-12H,7-10H2. The lowest BCUT2D eigenvalue weighted by Crippen LogP contribution is -2.47. The van der Waals surface area contributed by atoms with Crippen molar-refractivity contribution in [2.75, 3.05) is 36.0 Å². The maximum atomic E-state index is 13.1. The van der Waals surface area contributed by atoms with Gasteiger partial charge in [-0.2, -0.15) is 0 Å². The number of hydrogen-bond donors (Lipinski definition) is 0. The third-order valence-electron chi connectivity index (χ3n) is 4.94. The number of anilines is 2. The molecule has 1 fully saturated rings. The molecule has 8 heteroatoms. The van der Waals surface area contributed by atoms with Crippen LogP contribution in [0.3, 0.4) is 0 Å². The van der Waals surface area contributed by atoms with Gasteiger partial charge in [0.2, 0.25) is 5.65 Å². The molecule has 0 bridgehead atoms. The fourth-order valence-electron chi connectivity index (χ4n) is 3.55. The van der Waals surface area contributed by atoms with E-state index in [-0.39, 0.29) is 5.82 Å². The van der Waals surface area contributed by atoms with Crippen molar-refractivity contribution in [3.63, 3.8) is 0 Å². The van der Waals surface area contributed by atoms with Crippen LogP contribution in [0.25, 0.3) is 16.7 Å². The number of halogens is 2. The van der Waals surface area contributed by atoms with Crippen LogP contribution in [0.1, 0.15) is 0 Å². The van der Waals surface area contributed by atoms with Crippen LogP contribution in [0, 0.1) is 5.82 Å². The van der Waals surface area contributed by atoms with Gasteiger partial charge in [-0.1, -0.05) is 11.6 Å². The van der Waals surface area contributed by atoms with E-state index in [4.69, 9.17) is 16.6 Å². The zero-order valence-electron chi connectivity index (χ0n) is 14.4. The third-order valence-corrected chi connectivity index (χ3v) is 5.18. The maximum Gasteiger partial charge on any atom is 0.204 e. The highest BCUT2D eigenvalue weighted by atomic mass is 35.5. The summed E-state index contributed by atoms with van der Waals surface area (Å²) in [7, 11) is 0. The molecule has 0 amide bonds. The molecule has 136 valence electrons. The Bertz CT molecular complexity index is 1120. The lowest BCUT2D eigenvalue weighted by Gasteiger charge is -2.36. The molecular weight excluding hydrogens is 367 g/mol. The number of nitrogens with zero attached hydrogens (tertiary/aromatic N) is 6. The number of rotatable bonds is 2. The molecule has 2 aromatic carbocycles. The molecule has 6 nitrogen and oxygen atoms in total. The zero-order chi connectivity index (χ0) is 18.4. The quantitative estimate of drug-likeness (QED) is 0.532. The normalized spacial score (nSPS) is 15.0. The first kappa shape index (κ1) is 16.3. The number of hydrogen-bond acceptors (Lipinski definition) is 5. The van der Waals surface area contributed by atoms with Crippen LogP contribution in [-0.4, -0.2) is 45.8 Å². The van der Waals surface area contributed by atoms with Crippen LogP contribution >= 0.6 is 11.6 Å². The molecule has 0 unspecified atom stereocenters. The Labute approximate surface area is 159 Å². The van der Waals surface area contributed by atoms with Crippen molar-refractivity contribution < 1.29 is 4.39 Å². The Morgan fingerprint density at radius 3 is 2.44 bits per heavy atom. The third kappa shape index (κ3) is 2.84. The van der Waals surface area contributed by atoms with Gasteiger partial charge in [-0.25, -0.2) is 9.37 Å². The van der Waals surface area contributed by atoms with Crippen molar-refractivity contribution in [2.45, 2.75) is 0 Å². The highest BCUT2D eigenvalue weighted by Crippen LogP contribution is 2.27. The minimum Gasteiger partial charge on any atom is -0.368 e. The summed E-state index contributed by atoms with van der Waals surface area (Å²) in [4.78, 5) is 9.29. The molecule has 27 heavy (non-hydrogen) atoms. The fourth-order valence-corrected chi connectivity index (χ4v) is 3.72. The molecule has 2 aromatic heterocycles. The minimum absolute atomic E-state index is 0.216. The number of benzene rings is 2. The van der Waals surface area contributed by atoms with Crippen LogP contribution in [-0.2, 0) is 0 Å². The SMILES string of the molecule is Fc1ccc(N2CCN(c3nc4ccc(Cl)cc4n4cnnc34)CC2)cc1. The largest absolute Gasteiger partial charge is 0.368 e. The molecule has 0 saturated carbocycles. The van der Waals surface area contributed by atoms with Crippen molar-refractivity contribution in [1.82, 2.24) is 19.6 Å². The van der Waals surface area contributed by atoms with Gasteiger partial charge in [0.15, 0.2) is 5.82 Å². The summed E-state index contributed by atoms with van der Waals surface area (Å²) < 4.78 is 15.1. The van der Waals surface area contributed by atoms with Gasteiger partial charge in [-0.3, -0.25) is 4.40 Å². The van der Waals surface area contributed by atoms with Gasteiger partial charge in [0.05, 0.1) is 11.0 Å². The Morgan fingerprint density at radius 1 is 0.926 bits per heavy atom. The van der Waals surface area contributed by atoms with Crippen LogP contribution in [0.15, 0.2) is 48.8 Å². The van der Waals surface area contributed by atoms with Crippen molar-refractivity contribution in [3.8, 4) is 0 Å². The van der Waals surface area contributed by atoms with E-state index in [0.29, 0.717) is 5.02 Å². The van der Waals surface area contributed by atoms with Gasteiger partial charge in [-0.15, -0.1) is 10.2 Å². The van der Waals surface area contributed by atoms with Gasteiger partial charge in [0.25, 0.3) is 0 Å². The van der Waals surface area contributed by atoms with E-state index in [1.807, 2.05) is 34.7 Å². The molecule has 0 radical (unpaired) electrons. The molecule has 0 spiro atoms. The maximum absolute atomic E-state index is 13.1. The highest BCUT2D eigenvalue weighted by molar-refractivity contribution is 6.31. The van der Waals surface area contributed by atoms with Gasteiger partial charge >= 0.3 is 0 Å². The summed E-state index contributed by atoms with van der Waals surface area (Å²) in [6, 6.07) is 12.3. The van der Waals surface area contributed by atoms with E-state index in [1.54, 1.807) is 6.33 Å². The van der Waals surface area contributed by atoms with E-state index in [2.05, 4.69) is 20.0 Å². The summed E-state index contributed by atoms with van der Waals surface area (Å²) in [5.41, 5.74) is 3.49. The predicted molar refractivity (Wildman–Crippen MR) is 104 cm³/mol. The second-order valence-electron chi connectivity index (χ2n) is 6.54. The average molecular weight is 383 g/mol. The van der Waals surface area contributed by atoms with E-state index < -0.39 is 0 Å². The van der Waals surface area contributed by atoms with Gasteiger partial charge in [-0.05, 0) is 42.5 Å². The lowest BCUT2D eigenvalue weighted by molar-refractivity contribution is 0.624. The van der Waals surface area contributed by atoms with Crippen molar-refractivity contribution in [3.05, 3.63) is 59.6 Å². The van der Waals surface area contributed by atoms with Crippen LogP contribution in [0.2, 0.25) is 5.02 Å². The molecule has 0 atom stereocenters. The fraction of sp³-hybridized carbons (Fsp3) is 0.211. The topological polar surface area (TPSA) is 49.6 Å². The Balaban J connectivity index is 1.46. The zero-order valence-corrected chi connectivity index (χ0v) is 15.1. The number of aromatic nitrogens is 4. The van der Waals surface area contributed by atoms with E-state index in [9.17, 15) is 4.39 Å². The monoisotopic (exact) mass is 382 g/mol. The lowest BCUT2D eigenvalue weighted by atomic mass is 10.2. The molecule has 4 aromatic rings. The second-order valence-corrected chi connectivity index (χ2v) is 6.98. The van der Waals surface area contributed by atoms with Crippen molar-refractivity contribution >= 4 is 39.8 Å². The summed E-state index contributed by atoms with van der Waals surface area (Å²) >= 11 is 6.14. The predicted octanol–water partition coefficient (Wildman–Crippen LogP) is 3.40. The molecule has 0 aliphatic carbocycles. The van der Waals surface area contributed by atoms with E-state index >= 15 is 0 Å². The number of fused-ring (bicyclic) bond motifs is 3. The van der Waals surface area contributed by atoms with Crippen LogP contribution in [0.4, 0.5) is 15.9 Å². The van der Waals surface area contributed by atoms with Gasteiger partial charge < -0.3 is 9.80 Å². The molecule has 3 heterocycles. The van der Waals surface area contributed by atoms with Crippen LogP contribution < -0.4 is 9.80 Å². The minimum atomic E-state index is -0.216. The molecule has 1 saturated heterocycles. The summed E-state index contributed by atoms with van der Waals surface area (Å²) in [6.07, 6.45) is 1.69. The van der Waals surface area contributed by atoms with Crippen molar-refractivity contribution in [2.24, 2.45) is 0 Å². The Kier molecular flexibility index (Phi) is 3.82. The molecular formula is C19H16ClFN6. The molecule has 5 rings (SSSR count). The average Bonchev–Trinajstić information content (AvgIpc) is 3.19. The van der Waals surface area contributed by atoms with E-state index in [0.717, 1.165) is 54.4 Å². The molecule has 0 N–H and O–H groups in total. The van der Waals surface area contributed by atoms with Gasteiger partial charge in [0, 0.05) is 36.9 Å². The smallest absolute Gasteiger partial charge is 0.204 e. The first-order chi connectivity index (χ1) is 13.2. The van der Waals surface area contributed by atoms with Crippen LogP contribution in [0.5, 0.6) is 0 Å². The highest BCUT2D eigenvalue weighted by Gasteiger charge is 2.22.